The Labute approximate surface area is 192 Å². The minimum atomic E-state index is -3.54. The van der Waals surface area contributed by atoms with Gasteiger partial charge in [0.25, 0.3) is 0 Å². The molecule has 176 valence electrons. The van der Waals surface area contributed by atoms with Gasteiger partial charge in [-0.15, -0.1) is 0 Å². The summed E-state index contributed by atoms with van der Waals surface area (Å²) in [4.78, 5) is 19.4. The molecule has 0 aliphatic carbocycles. The fourth-order valence-corrected chi connectivity index (χ4v) is 4.80. The topological polar surface area (TPSA) is 136 Å². The maximum Gasteiger partial charge on any atom is 0.185 e. The van der Waals surface area contributed by atoms with E-state index in [1.54, 1.807) is 13.8 Å². The molecule has 3 N–H and O–H groups in total. The van der Waals surface area contributed by atoms with Crippen molar-refractivity contribution in [3.8, 4) is 5.75 Å². The maximum absolute atomic E-state index is 12.8. The van der Waals surface area contributed by atoms with Crippen LogP contribution in [0.2, 0.25) is 0 Å². The van der Waals surface area contributed by atoms with Crippen LogP contribution in [0.1, 0.15) is 44.2 Å². The number of para-hydroxylation sites is 2. The Bertz CT molecular complexity index is 1290. The highest BCUT2D eigenvalue weighted by atomic mass is 32.2. The summed E-state index contributed by atoms with van der Waals surface area (Å²) in [6.07, 6.45) is 1.20. The van der Waals surface area contributed by atoms with Gasteiger partial charge in [-0.05, 0) is 32.9 Å². The molecule has 5 rings (SSSR count). The molecule has 1 unspecified atom stereocenters. The van der Waals surface area contributed by atoms with Crippen LogP contribution < -0.4 is 15.4 Å². The number of benzene rings is 1. The first-order chi connectivity index (χ1) is 15.6. The number of rotatable bonds is 4. The summed E-state index contributed by atoms with van der Waals surface area (Å²) in [6.45, 7) is 6.70. The highest BCUT2D eigenvalue weighted by molar-refractivity contribution is 7.91. The zero-order valence-electron chi connectivity index (χ0n) is 19.1. The van der Waals surface area contributed by atoms with Gasteiger partial charge in [-0.3, -0.25) is 0 Å². The molecule has 2 aliphatic heterocycles. The van der Waals surface area contributed by atoms with Gasteiger partial charge in [0, 0.05) is 6.26 Å². The lowest BCUT2D eigenvalue weighted by Crippen LogP contribution is -2.56. The monoisotopic (exact) mass is 472 g/mol. The SMILES string of the molecule is C[C@@H]1COC[C@H]2COc3c(nc(C(N)c4nc5ccccc5[nH]4)nc3C(C)(C)S(C)(=O)=O)N21. The summed E-state index contributed by atoms with van der Waals surface area (Å²) in [5.41, 5.74) is 8.51. The Balaban J connectivity index is 1.70. The van der Waals surface area contributed by atoms with Gasteiger partial charge < -0.3 is 25.1 Å². The zero-order chi connectivity index (χ0) is 23.5. The van der Waals surface area contributed by atoms with Crippen molar-refractivity contribution in [2.45, 2.75) is 43.6 Å². The van der Waals surface area contributed by atoms with Crippen LogP contribution >= 0.6 is 0 Å². The summed E-state index contributed by atoms with van der Waals surface area (Å²) in [6, 6.07) is 6.84. The van der Waals surface area contributed by atoms with Crippen molar-refractivity contribution in [2.75, 3.05) is 31.0 Å². The van der Waals surface area contributed by atoms with Crippen LogP contribution in [0.25, 0.3) is 11.0 Å². The van der Waals surface area contributed by atoms with Gasteiger partial charge in [-0.25, -0.2) is 23.4 Å². The van der Waals surface area contributed by atoms with Gasteiger partial charge in [0.2, 0.25) is 0 Å². The smallest absolute Gasteiger partial charge is 0.185 e. The average molecular weight is 473 g/mol. The highest BCUT2D eigenvalue weighted by Crippen LogP contribution is 2.44. The number of nitrogens with two attached hydrogens (primary N) is 1. The molecule has 3 atom stereocenters. The predicted molar refractivity (Wildman–Crippen MR) is 124 cm³/mol. The molecule has 0 saturated carbocycles. The third-order valence-electron chi connectivity index (χ3n) is 6.54. The maximum atomic E-state index is 12.8. The van der Waals surface area contributed by atoms with E-state index < -0.39 is 20.6 Å². The number of fused-ring (bicyclic) bond motifs is 4. The summed E-state index contributed by atoms with van der Waals surface area (Å²) in [7, 11) is -3.54. The molecule has 1 fully saturated rings. The zero-order valence-corrected chi connectivity index (χ0v) is 19.9. The van der Waals surface area contributed by atoms with Gasteiger partial charge >= 0.3 is 0 Å². The third kappa shape index (κ3) is 3.54. The Morgan fingerprint density at radius 1 is 1.18 bits per heavy atom. The third-order valence-corrected chi connectivity index (χ3v) is 8.59. The van der Waals surface area contributed by atoms with Crippen molar-refractivity contribution in [1.29, 1.82) is 0 Å². The second kappa shape index (κ2) is 7.64. The Hall–Kier alpha value is -2.76. The lowest BCUT2D eigenvalue weighted by Gasteiger charge is -2.45. The van der Waals surface area contributed by atoms with Crippen LogP contribution in [0.3, 0.4) is 0 Å². The minimum Gasteiger partial charge on any atom is -0.486 e. The quantitative estimate of drug-likeness (QED) is 0.581. The molecular weight excluding hydrogens is 444 g/mol. The first-order valence-electron chi connectivity index (χ1n) is 10.9. The van der Waals surface area contributed by atoms with Crippen LogP contribution in [0.15, 0.2) is 24.3 Å². The van der Waals surface area contributed by atoms with Crippen molar-refractivity contribution in [2.24, 2.45) is 5.73 Å². The molecule has 0 radical (unpaired) electrons. The molecule has 0 spiro atoms. The predicted octanol–water partition coefficient (Wildman–Crippen LogP) is 1.67. The normalized spacial score (nSPS) is 21.9. The molecule has 2 aromatic heterocycles. The summed E-state index contributed by atoms with van der Waals surface area (Å²) < 4.78 is 36.0. The number of H-pyrrole nitrogens is 1. The highest BCUT2D eigenvalue weighted by Gasteiger charge is 2.44. The largest absolute Gasteiger partial charge is 0.486 e. The molecule has 3 aromatic rings. The van der Waals surface area contributed by atoms with Gasteiger partial charge in [-0.1, -0.05) is 12.1 Å². The van der Waals surface area contributed by atoms with E-state index in [-0.39, 0.29) is 17.9 Å². The van der Waals surface area contributed by atoms with Gasteiger partial charge in [0.1, 0.15) is 28.9 Å². The number of aromatic amines is 1. The molecule has 4 heterocycles. The van der Waals surface area contributed by atoms with E-state index in [2.05, 4.69) is 19.9 Å². The Kier molecular flexibility index (Phi) is 5.11. The van der Waals surface area contributed by atoms with E-state index in [1.165, 1.54) is 6.26 Å². The van der Waals surface area contributed by atoms with E-state index in [4.69, 9.17) is 20.2 Å². The van der Waals surface area contributed by atoms with E-state index in [0.717, 1.165) is 11.0 Å². The number of ether oxygens (including phenoxy) is 2. The number of aromatic nitrogens is 4. The molecule has 33 heavy (non-hydrogen) atoms. The second-order valence-corrected chi connectivity index (χ2v) is 11.8. The Morgan fingerprint density at radius 2 is 1.94 bits per heavy atom. The molecule has 10 nitrogen and oxygen atoms in total. The first kappa shape index (κ1) is 22.1. The van der Waals surface area contributed by atoms with Gasteiger partial charge in [0.15, 0.2) is 27.2 Å². The van der Waals surface area contributed by atoms with Crippen LogP contribution in [-0.2, 0) is 19.3 Å². The van der Waals surface area contributed by atoms with Crippen molar-refractivity contribution in [3.05, 3.63) is 41.6 Å². The number of morpholine rings is 1. The Morgan fingerprint density at radius 3 is 2.67 bits per heavy atom. The number of sulfone groups is 1. The lowest BCUT2D eigenvalue weighted by molar-refractivity contribution is 0.0481. The van der Waals surface area contributed by atoms with Crippen molar-refractivity contribution in [1.82, 2.24) is 19.9 Å². The summed E-state index contributed by atoms with van der Waals surface area (Å²) in [5, 5.41) is 0. The molecule has 0 amide bonds. The van der Waals surface area contributed by atoms with Gasteiger partial charge in [0.05, 0.1) is 36.3 Å². The summed E-state index contributed by atoms with van der Waals surface area (Å²) in [5.74, 6) is 1.71. The minimum absolute atomic E-state index is 0.0272. The number of hydrogen-bond donors (Lipinski definition) is 2. The fraction of sp³-hybridized carbons (Fsp3) is 0.500. The van der Waals surface area contributed by atoms with Crippen molar-refractivity contribution in [3.63, 3.8) is 0 Å². The van der Waals surface area contributed by atoms with E-state index in [9.17, 15) is 8.42 Å². The fourth-order valence-electron chi connectivity index (χ4n) is 4.31. The molecule has 1 aromatic carbocycles. The van der Waals surface area contributed by atoms with E-state index >= 15 is 0 Å². The average Bonchev–Trinajstić information content (AvgIpc) is 3.21. The molecule has 2 aliphatic rings. The lowest BCUT2D eigenvalue weighted by atomic mass is 10.0. The number of nitrogens with zero attached hydrogens (tertiary/aromatic N) is 4. The van der Waals surface area contributed by atoms with Crippen molar-refractivity contribution < 1.29 is 17.9 Å². The second-order valence-electron chi connectivity index (χ2n) is 9.24. The standard InChI is InChI=1S/C22H28N6O4S/c1-12-9-31-10-13-11-32-17-18(22(2,3)33(4,29)30)26-20(27-21(17)28(12)13)16(23)19-24-14-7-5-6-8-15(14)25-19/h5-8,12-13,16H,9-11,23H2,1-4H3,(H,24,25)/t12-,13+,16?/m1/s1. The molecule has 11 heteroatoms. The number of hydrogen-bond acceptors (Lipinski definition) is 9. The molecule has 0 bridgehead atoms. The summed E-state index contributed by atoms with van der Waals surface area (Å²) >= 11 is 0. The molecule has 1 saturated heterocycles. The van der Waals surface area contributed by atoms with Gasteiger partial charge in [-0.2, -0.15) is 0 Å². The first-order valence-corrected chi connectivity index (χ1v) is 12.8. The van der Waals surface area contributed by atoms with Crippen LogP contribution in [0, 0.1) is 0 Å². The van der Waals surface area contributed by atoms with E-state index in [0.29, 0.717) is 42.9 Å². The number of nitrogens with one attached hydrogen (secondary N) is 1. The number of anilines is 1. The van der Waals surface area contributed by atoms with Crippen LogP contribution in [0.5, 0.6) is 5.75 Å². The number of imidazole rings is 1. The van der Waals surface area contributed by atoms with Crippen LogP contribution in [0.4, 0.5) is 5.82 Å². The molecular formula is C22H28N6O4S. The van der Waals surface area contributed by atoms with E-state index in [1.807, 2.05) is 31.2 Å². The van der Waals surface area contributed by atoms with Crippen molar-refractivity contribution >= 4 is 26.7 Å². The van der Waals surface area contributed by atoms with Crippen LogP contribution in [-0.4, -0.2) is 66.5 Å².